The Hall–Kier alpha value is -1.36. The summed E-state index contributed by atoms with van der Waals surface area (Å²) in [5.41, 5.74) is 0.934. The molecule has 0 bridgehead atoms. The van der Waals surface area contributed by atoms with Crippen LogP contribution in [0.15, 0.2) is 39.9 Å². The second kappa shape index (κ2) is 4.23. The van der Waals surface area contributed by atoms with Crippen LogP contribution < -0.4 is 5.32 Å². The predicted octanol–water partition coefficient (Wildman–Crippen LogP) is 2.44. The van der Waals surface area contributed by atoms with Gasteiger partial charge in [-0.2, -0.15) is 0 Å². The first-order chi connectivity index (χ1) is 6.86. The molecule has 4 nitrogen and oxygen atoms in total. The molecule has 0 unspecified atom stereocenters. The van der Waals surface area contributed by atoms with Gasteiger partial charge in [-0.1, -0.05) is 0 Å². The lowest BCUT2D eigenvalue weighted by Crippen LogP contribution is -1.99. The fraction of sp³-hybridized carbons (Fsp3) is 0.111. The summed E-state index contributed by atoms with van der Waals surface area (Å²) in [4.78, 5) is 7.91. The van der Waals surface area contributed by atoms with E-state index < -0.39 is 0 Å². The maximum absolute atomic E-state index is 5.09. The third-order valence-electron chi connectivity index (χ3n) is 1.70. The number of halogens is 1. The Bertz CT molecular complexity index is 402. The quantitative estimate of drug-likeness (QED) is 0.854. The van der Waals surface area contributed by atoms with Gasteiger partial charge in [0, 0.05) is 6.20 Å². The van der Waals surface area contributed by atoms with Gasteiger partial charge >= 0.3 is 0 Å². The number of nitrogens with one attached hydrogen (secondary N) is 1. The topological polar surface area (TPSA) is 51.0 Å². The van der Waals surface area contributed by atoms with Crippen LogP contribution >= 0.6 is 15.9 Å². The van der Waals surface area contributed by atoms with Crippen LogP contribution in [0.3, 0.4) is 0 Å². The van der Waals surface area contributed by atoms with Crippen molar-refractivity contribution in [3.63, 3.8) is 0 Å². The highest BCUT2D eigenvalue weighted by Crippen LogP contribution is 2.18. The maximum atomic E-state index is 5.09. The van der Waals surface area contributed by atoms with Gasteiger partial charge in [0.1, 0.15) is 10.4 Å². The smallest absolute Gasteiger partial charge is 0.180 e. The van der Waals surface area contributed by atoms with E-state index in [0.29, 0.717) is 6.54 Å². The molecule has 2 rings (SSSR count). The fourth-order valence-corrected chi connectivity index (χ4v) is 1.42. The van der Waals surface area contributed by atoms with Crippen LogP contribution in [0.4, 0.5) is 5.69 Å². The van der Waals surface area contributed by atoms with Gasteiger partial charge in [-0.3, -0.25) is 0 Å². The van der Waals surface area contributed by atoms with Gasteiger partial charge in [-0.15, -0.1) is 0 Å². The number of rotatable bonds is 3. The average molecular weight is 254 g/mol. The molecular weight excluding hydrogens is 246 g/mol. The number of hydrogen-bond donors (Lipinski definition) is 1. The van der Waals surface area contributed by atoms with Gasteiger partial charge in [0.2, 0.25) is 0 Å². The van der Waals surface area contributed by atoms with Crippen LogP contribution in [-0.4, -0.2) is 9.97 Å². The van der Waals surface area contributed by atoms with Crippen LogP contribution in [0, 0.1) is 0 Å². The molecule has 0 aromatic carbocycles. The molecule has 0 saturated heterocycles. The molecule has 5 heteroatoms. The van der Waals surface area contributed by atoms with Gasteiger partial charge in [-0.25, -0.2) is 9.97 Å². The van der Waals surface area contributed by atoms with Crippen LogP contribution in [0.1, 0.15) is 5.76 Å². The van der Waals surface area contributed by atoms with Crippen LogP contribution in [-0.2, 0) is 6.54 Å². The molecule has 2 heterocycles. The number of pyridine rings is 1. The van der Waals surface area contributed by atoms with Crippen molar-refractivity contribution in [2.45, 2.75) is 6.54 Å². The first kappa shape index (κ1) is 9.21. The summed E-state index contributed by atoms with van der Waals surface area (Å²) >= 11 is 3.34. The predicted molar refractivity (Wildman–Crippen MR) is 55.8 cm³/mol. The minimum atomic E-state index is 0.601. The maximum Gasteiger partial charge on any atom is 0.180 e. The monoisotopic (exact) mass is 253 g/mol. The van der Waals surface area contributed by atoms with Crippen molar-refractivity contribution in [2.24, 2.45) is 0 Å². The zero-order valence-corrected chi connectivity index (χ0v) is 8.86. The van der Waals surface area contributed by atoms with Gasteiger partial charge in [0.15, 0.2) is 6.39 Å². The molecule has 0 amide bonds. The van der Waals surface area contributed by atoms with E-state index in [1.165, 1.54) is 6.39 Å². The molecule has 0 spiro atoms. The van der Waals surface area contributed by atoms with Crippen molar-refractivity contribution < 1.29 is 4.42 Å². The number of anilines is 1. The van der Waals surface area contributed by atoms with E-state index in [4.69, 9.17) is 4.42 Å². The lowest BCUT2D eigenvalue weighted by molar-refractivity contribution is 0.511. The van der Waals surface area contributed by atoms with Crippen molar-refractivity contribution >= 4 is 21.6 Å². The number of oxazole rings is 1. The highest BCUT2D eigenvalue weighted by molar-refractivity contribution is 9.10. The van der Waals surface area contributed by atoms with Crippen molar-refractivity contribution in [1.82, 2.24) is 9.97 Å². The molecule has 0 aliphatic heterocycles. The SMILES string of the molecule is Brc1ncccc1NCc1cnco1. The third kappa shape index (κ3) is 2.11. The lowest BCUT2D eigenvalue weighted by Gasteiger charge is -2.04. The molecule has 0 atom stereocenters. The summed E-state index contributed by atoms with van der Waals surface area (Å²) in [6.07, 6.45) is 4.82. The van der Waals surface area contributed by atoms with Crippen molar-refractivity contribution in [1.29, 1.82) is 0 Å². The van der Waals surface area contributed by atoms with Crippen molar-refractivity contribution in [3.8, 4) is 0 Å². The van der Waals surface area contributed by atoms with Crippen LogP contribution in [0.5, 0.6) is 0 Å². The van der Waals surface area contributed by atoms with E-state index in [1.807, 2.05) is 12.1 Å². The largest absolute Gasteiger partial charge is 0.447 e. The summed E-state index contributed by atoms with van der Waals surface area (Å²) in [6, 6.07) is 3.81. The lowest BCUT2D eigenvalue weighted by atomic mass is 10.4. The van der Waals surface area contributed by atoms with Gasteiger partial charge in [-0.05, 0) is 28.1 Å². The molecule has 0 aliphatic carbocycles. The zero-order valence-electron chi connectivity index (χ0n) is 7.27. The third-order valence-corrected chi connectivity index (χ3v) is 2.33. The van der Waals surface area contributed by atoms with E-state index in [-0.39, 0.29) is 0 Å². The molecule has 2 aromatic heterocycles. The summed E-state index contributed by atoms with van der Waals surface area (Å²) in [7, 11) is 0. The van der Waals surface area contributed by atoms with Gasteiger partial charge < -0.3 is 9.73 Å². The minimum Gasteiger partial charge on any atom is -0.447 e. The summed E-state index contributed by atoms with van der Waals surface area (Å²) in [5, 5.41) is 3.17. The fourth-order valence-electron chi connectivity index (χ4n) is 1.03. The standard InChI is InChI=1S/C9H8BrN3O/c10-9-8(2-1-3-12-9)13-5-7-4-11-6-14-7/h1-4,6,13H,5H2. The van der Waals surface area contributed by atoms with Crippen LogP contribution in [0.2, 0.25) is 0 Å². The van der Waals surface area contributed by atoms with Crippen LogP contribution in [0.25, 0.3) is 0 Å². The first-order valence-electron chi connectivity index (χ1n) is 4.08. The Balaban J connectivity index is 2.02. The van der Waals surface area contributed by atoms with E-state index in [9.17, 15) is 0 Å². The molecule has 2 aromatic rings. The van der Waals surface area contributed by atoms with Crippen molar-refractivity contribution in [2.75, 3.05) is 5.32 Å². The summed E-state index contributed by atoms with van der Waals surface area (Å²) < 4.78 is 5.88. The van der Waals surface area contributed by atoms with E-state index in [2.05, 4.69) is 31.2 Å². The highest BCUT2D eigenvalue weighted by Gasteiger charge is 2.00. The number of aromatic nitrogens is 2. The molecule has 14 heavy (non-hydrogen) atoms. The second-order valence-electron chi connectivity index (χ2n) is 2.66. The molecule has 0 aliphatic rings. The Labute approximate surface area is 89.5 Å². The van der Waals surface area contributed by atoms with Gasteiger partial charge in [0.25, 0.3) is 0 Å². The normalized spacial score (nSPS) is 10.1. The van der Waals surface area contributed by atoms with Crippen molar-refractivity contribution in [3.05, 3.63) is 41.3 Å². The van der Waals surface area contributed by atoms with E-state index in [1.54, 1.807) is 12.4 Å². The minimum absolute atomic E-state index is 0.601. The summed E-state index contributed by atoms with van der Waals surface area (Å²) in [5.74, 6) is 0.792. The molecule has 0 saturated carbocycles. The average Bonchev–Trinajstić information content (AvgIpc) is 2.69. The molecule has 0 radical (unpaired) electrons. The molecule has 1 N–H and O–H groups in total. The Morgan fingerprint density at radius 2 is 2.43 bits per heavy atom. The molecule has 72 valence electrons. The Morgan fingerprint density at radius 1 is 1.50 bits per heavy atom. The molecular formula is C9H8BrN3O. The number of nitrogens with zero attached hydrogens (tertiary/aromatic N) is 2. The number of hydrogen-bond acceptors (Lipinski definition) is 4. The Morgan fingerprint density at radius 3 is 3.14 bits per heavy atom. The van der Waals surface area contributed by atoms with Gasteiger partial charge in [0.05, 0.1) is 18.4 Å². The molecule has 0 fully saturated rings. The van der Waals surface area contributed by atoms with E-state index in [0.717, 1.165) is 16.1 Å². The van der Waals surface area contributed by atoms with E-state index >= 15 is 0 Å². The first-order valence-corrected chi connectivity index (χ1v) is 4.87. The second-order valence-corrected chi connectivity index (χ2v) is 3.41. The zero-order chi connectivity index (χ0) is 9.80. The summed E-state index contributed by atoms with van der Waals surface area (Å²) in [6.45, 7) is 0.601. The highest BCUT2D eigenvalue weighted by atomic mass is 79.9. The Kier molecular flexibility index (Phi) is 2.78.